The second kappa shape index (κ2) is 4.41. The summed E-state index contributed by atoms with van der Waals surface area (Å²) in [7, 11) is 0. The highest BCUT2D eigenvalue weighted by Gasteiger charge is 2.07. The van der Waals surface area contributed by atoms with Crippen LogP contribution in [0, 0.1) is 6.92 Å². The molecule has 18 heavy (non-hydrogen) atoms. The molecule has 1 N–H and O–H groups in total. The first-order valence-electron chi connectivity index (χ1n) is 5.55. The van der Waals surface area contributed by atoms with Crippen LogP contribution in [0.5, 0.6) is 0 Å². The van der Waals surface area contributed by atoms with E-state index in [1.807, 2.05) is 24.3 Å². The lowest BCUT2D eigenvalue weighted by Crippen LogP contribution is -1.80. The minimum Gasteiger partial charge on any atom is -0.338 e. The number of hydrogen-bond acceptors (Lipinski definition) is 1. The number of nitrogens with one attached hydrogen (secondary N) is 1. The molecular weight excluding hydrogens is 312 g/mol. The van der Waals surface area contributed by atoms with E-state index in [-0.39, 0.29) is 0 Å². The quantitative estimate of drug-likeness (QED) is 0.674. The lowest BCUT2D eigenvalue weighted by atomic mass is 10.2. The molecule has 0 fully saturated rings. The molecule has 0 saturated heterocycles. The zero-order chi connectivity index (χ0) is 12.7. The fourth-order valence-electron chi connectivity index (χ4n) is 1.90. The van der Waals surface area contributed by atoms with E-state index in [1.54, 1.807) is 0 Å². The first-order valence-corrected chi connectivity index (χ1v) is 6.72. The monoisotopic (exact) mass is 320 g/mol. The summed E-state index contributed by atoms with van der Waals surface area (Å²) in [6.45, 7) is 2.07. The molecule has 2 nitrogen and oxygen atoms in total. The molecule has 0 unspecified atom stereocenters. The highest BCUT2D eigenvalue weighted by atomic mass is 79.9. The number of aromatic amines is 1. The SMILES string of the molecule is Cc1ccc2nc(-c3ccc(Br)c(Cl)c3)[nH]c2c1. The molecule has 0 bridgehead atoms. The maximum absolute atomic E-state index is 6.10. The summed E-state index contributed by atoms with van der Waals surface area (Å²) in [5.41, 5.74) is 4.21. The van der Waals surface area contributed by atoms with Crippen molar-refractivity contribution in [1.82, 2.24) is 9.97 Å². The lowest BCUT2D eigenvalue weighted by molar-refractivity contribution is 1.33. The van der Waals surface area contributed by atoms with E-state index >= 15 is 0 Å². The Labute approximate surface area is 118 Å². The highest BCUT2D eigenvalue weighted by Crippen LogP contribution is 2.28. The maximum atomic E-state index is 6.10. The third kappa shape index (κ3) is 2.04. The Morgan fingerprint density at radius 1 is 1.17 bits per heavy atom. The van der Waals surface area contributed by atoms with Gasteiger partial charge in [0.2, 0.25) is 0 Å². The van der Waals surface area contributed by atoms with Crippen LogP contribution in [0.3, 0.4) is 0 Å². The molecule has 1 heterocycles. The van der Waals surface area contributed by atoms with Crippen molar-refractivity contribution in [3.63, 3.8) is 0 Å². The van der Waals surface area contributed by atoms with Crippen molar-refractivity contribution in [2.75, 3.05) is 0 Å². The van der Waals surface area contributed by atoms with E-state index in [2.05, 4.69) is 45.0 Å². The van der Waals surface area contributed by atoms with Crippen molar-refractivity contribution in [3.8, 4) is 11.4 Å². The van der Waals surface area contributed by atoms with Gasteiger partial charge in [-0.05, 0) is 52.7 Å². The molecular formula is C14H10BrClN2. The van der Waals surface area contributed by atoms with Gasteiger partial charge in [0.15, 0.2) is 0 Å². The zero-order valence-corrected chi connectivity index (χ0v) is 12.0. The molecule has 4 heteroatoms. The van der Waals surface area contributed by atoms with Crippen molar-refractivity contribution >= 4 is 38.6 Å². The Morgan fingerprint density at radius 2 is 2.00 bits per heavy atom. The molecule has 1 aromatic heterocycles. The summed E-state index contributed by atoms with van der Waals surface area (Å²) in [6.07, 6.45) is 0. The van der Waals surface area contributed by atoms with Crippen LogP contribution >= 0.6 is 27.5 Å². The van der Waals surface area contributed by atoms with Gasteiger partial charge in [-0.25, -0.2) is 4.98 Å². The molecule has 0 spiro atoms. The van der Waals surface area contributed by atoms with Crippen molar-refractivity contribution in [3.05, 3.63) is 51.5 Å². The number of aromatic nitrogens is 2. The number of rotatable bonds is 1. The minimum absolute atomic E-state index is 0.684. The molecule has 0 amide bonds. The van der Waals surface area contributed by atoms with E-state index in [1.165, 1.54) is 5.56 Å². The van der Waals surface area contributed by atoms with E-state index in [0.29, 0.717) is 5.02 Å². The van der Waals surface area contributed by atoms with Crippen LogP contribution in [-0.2, 0) is 0 Å². The molecule has 0 atom stereocenters. The van der Waals surface area contributed by atoms with Crippen LogP contribution < -0.4 is 0 Å². The average molecular weight is 322 g/mol. The molecule has 2 aromatic carbocycles. The summed E-state index contributed by atoms with van der Waals surface area (Å²) < 4.78 is 0.889. The normalized spacial score (nSPS) is 11.1. The first-order chi connectivity index (χ1) is 8.63. The summed E-state index contributed by atoms with van der Waals surface area (Å²) >= 11 is 9.48. The summed E-state index contributed by atoms with van der Waals surface area (Å²) in [5, 5.41) is 0.684. The second-order valence-electron chi connectivity index (χ2n) is 4.23. The second-order valence-corrected chi connectivity index (χ2v) is 5.50. The van der Waals surface area contributed by atoms with E-state index in [9.17, 15) is 0 Å². The Kier molecular flexibility index (Phi) is 2.88. The van der Waals surface area contributed by atoms with Crippen molar-refractivity contribution in [1.29, 1.82) is 0 Å². The van der Waals surface area contributed by atoms with Crippen molar-refractivity contribution in [2.45, 2.75) is 6.92 Å². The predicted octanol–water partition coefficient (Wildman–Crippen LogP) is 4.95. The summed E-state index contributed by atoms with van der Waals surface area (Å²) in [5.74, 6) is 0.838. The molecule has 0 aliphatic rings. The lowest BCUT2D eigenvalue weighted by Gasteiger charge is -1.99. The Morgan fingerprint density at radius 3 is 2.78 bits per heavy atom. The Bertz CT molecular complexity index is 734. The smallest absolute Gasteiger partial charge is 0.138 e. The minimum atomic E-state index is 0.684. The van der Waals surface area contributed by atoms with Crippen LogP contribution in [-0.4, -0.2) is 9.97 Å². The number of hydrogen-bond donors (Lipinski definition) is 1. The molecule has 90 valence electrons. The summed E-state index contributed by atoms with van der Waals surface area (Å²) in [4.78, 5) is 7.88. The number of halogens is 2. The van der Waals surface area contributed by atoms with Crippen LogP contribution in [0.15, 0.2) is 40.9 Å². The number of H-pyrrole nitrogens is 1. The van der Waals surface area contributed by atoms with E-state index in [0.717, 1.165) is 26.9 Å². The fraction of sp³-hybridized carbons (Fsp3) is 0.0714. The first kappa shape index (κ1) is 11.8. The molecule has 0 radical (unpaired) electrons. The van der Waals surface area contributed by atoms with Gasteiger partial charge < -0.3 is 4.98 Å². The molecule has 0 aliphatic heterocycles. The molecule has 0 aliphatic carbocycles. The molecule has 0 saturated carbocycles. The van der Waals surface area contributed by atoms with Gasteiger partial charge >= 0.3 is 0 Å². The highest BCUT2D eigenvalue weighted by molar-refractivity contribution is 9.10. The molecule has 3 aromatic rings. The van der Waals surface area contributed by atoms with Gasteiger partial charge in [-0.2, -0.15) is 0 Å². The van der Waals surface area contributed by atoms with Gasteiger partial charge in [0.05, 0.1) is 16.1 Å². The zero-order valence-electron chi connectivity index (χ0n) is 9.67. The van der Waals surface area contributed by atoms with Gasteiger partial charge in [-0.15, -0.1) is 0 Å². The van der Waals surface area contributed by atoms with Crippen LogP contribution in [0.2, 0.25) is 5.02 Å². The Hall–Kier alpha value is -1.32. The maximum Gasteiger partial charge on any atom is 0.138 e. The van der Waals surface area contributed by atoms with Crippen LogP contribution in [0.4, 0.5) is 0 Å². The van der Waals surface area contributed by atoms with Crippen LogP contribution in [0.25, 0.3) is 22.4 Å². The van der Waals surface area contributed by atoms with E-state index in [4.69, 9.17) is 11.6 Å². The fourth-order valence-corrected chi connectivity index (χ4v) is 2.33. The average Bonchev–Trinajstić information content (AvgIpc) is 2.75. The predicted molar refractivity (Wildman–Crippen MR) is 79.0 cm³/mol. The number of fused-ring (bicyclic) bond motifs is 1. The molecule has 3 rings (SSSR count). The van der Waals surface area contributed by atoms with Crippen molar-refractivity contribution < 1.29 is 0 Å². The largest absolute Gasteiger partial charge is 0.338 e. The number of benzene rings is 2. The van der Waals surface area contributed by atoms with Crippen molar-refractivity contribution in [2.24, 2.45) is 0 Å². The number of imidazole rings is 1. The third-order valence-corrected chi connectivity index (χ3v) is 4.06. The van der Waals surface area contributed by atoms with Gasteiger partial charge in [-0.1, -0.05) is 23.7 Å². The van der Waals surface area contributed by atoms with Gasteiger partial charge in [0.1, 0.15) is 5.82 Å². The summed E-state index contributed by atoms with van der Waals surface area (Å²) in [6, 6.07) is 12.0. The third-order valence-electron chi connectivity index (χ3n) is 2.83. The van der Waals surface area contributed by atoms with Gasteiger partial charge in [0.25, 0.3) is 0 Å². The topological polar surface area (TPSA) is 28.7 Å². The number of aryl methyl sites for hydroxylation is 1. The van der Waals surface area contributed by atoms with Crippen LogP contribution in [0.1, 0.15) is 5.56 Å². The Balaban J connectivity index is 2.16. The van der Waals surface area contributed by atoms with Gasteiger partial charge in [-0.3, -0.25) is 0 Å². The van der Waals surface area contributed by atoms with E-state index < -0.39 is 0 Å². The standard InChI is InChI=1S/C14H10BrClN2/c1-8-2-5-12-13(6-8)18-14(17-12)9-3-4-10(15)11(16)7-9/h2-7H,1H3,(H,17,18). The number of nitrogens with zero attached hydrogens (tertiary/aromatic N) is 1. The van der Waals surface area contributed by atoms with Gasteiger partial charge in [0, 0.05) is 10.0 Å².